The number of hydrogen-bond acceptors (Lipinski definition) is 20. The molecule has 0 aromatic heterocycles. The first kappa shape index (κ1) is 51.1. The first-order chi connectivity index (χ1) is 28.9. The van der Waals surface area contributed by atoms with Gasteiger partial charge < -0.3 is 94.9 Å². The Hall–Kier alpha value is -2.56. The molecule has 352 valence electrons. The minimum absolute atomic E-state index is 0.216. The highest BCUT2D eigenvalue weighted by molar-refractivity contribution is 5.81. The van der Waals surface area contributed by atoms with Gasteiger partial charge in [0.25, 0.3) is 0 Å². The fraction of sp³-hybridized carbons (Fsp3) is 0.895. The third-order valence-corrected chi connectivity index (χ3v) is 12.0. The maximum Gasteiger partial charge on any atom is 0.333 e. The van der Waals surface area contributed by atoms with E-state index in [9.17, 15) is 70.2 Å². The van der Waals surface area contributed by atoms with Crippen molar-refractivity contribution in [3.05, 3.63) is 0 Å². The van der Waals surface area contributed by atoms with Crippen LogP contribution in [-0.4, -0.2) is 232 Å². The van der Waals surface area contributed by atoms with Gasteiger partial charge in [-0.15, -0.1) is 0 Å². The molecule has 0 spiro atoms. The number of carbonyl (C=O) groups is 4. The summed E-state index contributed by atoms with van der Waals surface area (Å²) in [6, 6.07) is -1.95. The Balaban J connectivity index is 1.39. The van der Waals surface area contributed by atoms with Gasteiger partial charge in [0.1, 0.15) is 54.9 Å². The molecular weight excluding hydrogens is 820 g/mol. The molecule has 4 heterocycles. The highest BCUT2D eigenvalue weighted by Crippen LogP contribution is 2.33. The topological polar surface area (TPSA) is 359 Å². The lowest BCUT2D eigenvalue weighted by atomic mass is 9.84. The van der Waals surface area contributed by atoms with Crippen molar-refractivity contribution in [2.24, 2.45) is 23.7 Å². The van der Waals surface area contributed by atoms with Gasteiger partial charge in [-0.1, -0.05) is 6.92 Å². The number of carbonyl (C=O) groups excluding carboxylic acids is 3. The summed E-state index contributed by atoms with van der Waals surface area (Å²) in [6.07, 6.45) is -18.3. The molecule has 12 N–H and O–H groups in total. The van der Waals surface area contributed by atoms with Crippen LogP contribution in [0.3, 0.4) is 0 Å². The third kappa shape index (κ3) is 12.4. The SMILES string of the molecule is CCC1C(C(=O)O)OC(COCC2C(O)C(CO)OC(COCC3C(C(C)=O)OC(COCC4C(O)C(CO)OC(CO)C4NC(C)=O)C(O)C3O)C2NC(C)=O)C(O)C1O. The molecule has 0 aliphatic carbocycles. The van der Waals surface area contributed by atoms with Crippen LogP contribution in [0.4, 0.5) is 0 Å². The van der Waals surface area contributed by atoms with Gasteiger partial charge in [0.05, 0.1) is 96.0 Å². The number of hydrogen-bond donors (Lipinski definition) is 12. The Morgan fingerprint density at radius 1 is 0.475 bits per heavy atom. The van der Waals surface area contributed by atoms with Crippen molar-refractivity contribution in [2.45, 2.75) is 132 Å². The second kappa shape index (κ2) is 23.4. The number of amides is 2. The lowest BCUT2D eigenvalue weighted by molar-refractivity contribution is -0.232. The summed E-state index contributed by atoms with van der Waals surface area (Å²) >= 11 is 0. The Labute approximate surface area is 352 Å². The molecule has 0 saturated carbocycles. The molecule has 0 aromatic carbocycles. The summed E-state index contributed by atoms with van der Waals surface area (Å²) in [6.45, 7) is 1.34. The van der Waals surface area contributed by atoms with E-state index in [1.807, 2.05) is 0 Å². The Morgan fingerprint density at radius 2 is 0.869 bits per heavy atom. The van der Waals surface area contributed by atoms with Gasteiger partial charge in [0.2, 0.25) is 11.8 Å². The van der Waals surface area contributed by atoms with Gasteiger partial charge in [0, 0.05) is 37.5 Å². The monoisotopic (exact) mass is 884 g/mol. The van der Waals surface area contributed by atoms with E-state index in [1.54, 1.807) is 6.92 Å². The highest BCUT2D eigenvalue weighted by atomic mass is 16.6. The molecule has 4 rings (SSSR count). The first-order valence-electron chi connectivity index (χ1n) is 20.4. The van der Waals surface area contributed by atoms with E-state index >= 15 is 0 Å². The molecule has 61 heavy (non-hydrogen) atoms. The fourth-order valence-electron chi connectivity index (χ4n) is 8.74. The summed E-state index contributed by atoms with van der Waals surface area (Å²) in [5.74, 6) is -6.76. The van der Waals surface area contributed by atoms with E-state index < -0.39 is 184 Å². The lowest BCUT2D eigenvalue weighted by Crippen LogP contribution is -2.64. The number of nitrogens with one attached hydrogen (secondary N) is 2. The molecule has 0 radical (unpaired) electrons. The van der Waals surface area contributed by atoms with Gasteiger partial charge in [-0.05, 0) is 13.3 Å². The second-order valence-corrected chi connectivity index (χ2v) is 16.2. The number of ketones is 1. The minimum Gasteiger partial charge on any atom is -0.479 e. The summed E-state index contributed by atoms with van der Waals surface area (Å²) in [4.78, 5) is 48.9. The van der Waals surface area contributed by atoms with Crippen LogP contribution in [-0.2, 0) is 52.3 Å². The summed E-state index contributed by atoms with van der Waals surface area (Å²) in [7, 11) is 0. The van der Waals surface area contributed by atoms with Crippen LogP contribution in [0, 0.1) is 23.7 Å². The van der Waals surface area contributed by atoms with E-state index in [1.165, 1.54) is 20.8 Å². The van der Waals surface area contributed by atoms with Crippen LogP contribution in [0.2, 0.25) is 0 Å². The van der Waals surface area contributed by atoms with Gasteiger partial charge in [-0.2, -0.15) is 0 Å². The van der Waals surface area contributed by atoms with Crippen LogP contribution in [0.1, 0.15) is 34.1 Å². The molecule has 23 heteroatoms. The van der Waals surface area contributed by atoms with Crippen LogP contribution < -0.4 is 10.6 Å². The van der Waals surface area contributed by atoms with Gasteiger partial charge in [-0.3, -0.25) is 14.4 Å². The molecule has 23 nitrogen and oxygen atoms in total. The zero-order chi connectivity index (χ0) is 45.3. The number of carboxylic acid groups (broad SMARTS) is 1. The Morgan fingerprint density at radius 3 is 1.28 bits per heavy atom. The Bertz CT molecular complexity index is 1430. The Kier molecular flexibility index (Phi) is 19.6. The van der Waals surface area contributed by atoms with Crippen LogP contribution in [0.25, 0.3) is 0 Å². The van der Waals surface area contributed by atoms with E-state index in [2.05, 4.69) is 10.6 Å². The van der Waals surface area contributed by atoms with Gasteiger partial charge >= 0.3 is 5.97 Å². The quantitative estimate of drug-likeness (QED) is 0.0541. The molecule has 4 aliphatic rings. The summed E-state index contributed by atoms with van der Waals surface area (Å²) < 4.78 is 40.4. The first-order valence-corrected chi connectivity index (χ1v) is 20.4. The van der Waals surface area contributed by atoms with Crippen molar-refractivity contribution in [3.8, 4) is 0 Å². The number of Topliss-reactive ketones (excluding diaryl/α,β-unsaturated/α-hetero) is 1. The highest BCUT2D eigenvalue weighted by Gasteiger charge is 2.51. The minimum atomic E-state index is -1.62. The maximum absolute atomic E-state index is 12.8. The average molecular weight is 885 g/mol. The molecule has 4 saturated heterocycles. The van der Waals surface area contributed by atoms with E-state index in [-0.39, 0.29) is 26.2 Å². The maximum atomic E-state index is 12.8. The average Bonchev–Trinajstić information content (AvgIpc) is 3.20. The number of aliphatic hydroxyl groups excluding tert-OH is 9. The van der Waals surface area contributed by atoms with Gasteiger partial charge in [0.15, 0.2) is 11.9 Å². The number of aliphatic hydroxyl groups is 9. The fourth-order valence-corrected chi connectivity index (χ4v) is 8.74. The normalized spacial score (nSPS) is 41.8. The van der Waals surface area contributed by atoms with Crippen LogP contribution in [0.5, 0.6) is 0 Å². The molecule has 4 fully saturated rings. The molecule has 0 bridgehead atoms. The van der Waals surface area contributed by atoms with Crippen molar-refractivity contribution in [1.82, 2.24) is 10.6 Å². The van der Waals surface area contributed by atoms with Crippen molar-refractivity contribution in [1.29, 1.82) is 0 Å². The van der Waals surface area contributed by atoms with Crippen molar-refractivity contribution < 1.29 is 103 Å². The van der Waals surface area contributed by atoms with E-state index in [4.69, 9.17) is 33.2 Å². The van der Waals surface area contributed by atoms with E-state index in [0.717, 1.165) is 0 Å². The smallest absolute Gasteiger partial charge is 0.333 e. The summed E-state index contributed by atoms with van der Waals surface area (Å²) in [5, 5.41) is 110. The van der Waals surface area contributed by atoms with Crippen molar-refractivity contribution >= 4 is 23.6 Å². The third-order valence-electron chi connectivity index (χ3n) is 12.0. The molecule has 20 unspecified atom stereocenters. The summed E-state index contributed by atoms with van der Waals surface area (Å²) in [5.41, 5.74) is 0. The molecule has 20 atom stereocenters. The molecule has 4 aliphatic heterocycles. The predicted octanol–water partition coefficient (Wildman–Crippen LogP) is -6.19. The number of rotatable bonds is 20. The standard InChI is InChI=1S/C38H64N2O21/c1-5-18-32(49)34(51)27(61-37(18)38(53)54)14-56-10-20-29(40-17(4)46)25(59-24(8-43)31(20)48)12-57-11-21-33(50)35(52)26(60-36(21)15(2)44)13-55-9-19-28(39-16(3)45)22(6-41)58-23(7-42)30(19)47/h18-37,41-43,47-52H,5-14H2,1-4H3,(H,39,45)(H,40,46)(H,53,54). The van der Waals surface area contributed by atoms with Gasteiger partial charge in [-0.25, -0.2) is 4.79 Å². The number of carboxylic acids is 1. The van der Waals surface area contributed by atoms with Crippen LogP contribution >= 0.6 is 0 Å². The number of aliphatic carboxylic acids is 1. The zero-order valence-electron chi connectivity index (χ0n) is 34.6. The van der Waals surface area contributed by atoms with E-state index in [0.29, 0.717) is 0 Å². The van der Waals surface area contributed by atoms with Crippen molar-refractivity contribution in [3.63, 3.8) is 0 Å². The molecule has 2 amide bonds. The second-order valence-electron chi connectivity index (χ2n) is 16.2. The van der Waals surface area contributed by atoms with Crippen molar-refractivity contribution in [2.75, 3.05) is 59.5 Å². The number of ether oxygens (including phenoxy) is 7. The molecular formula is C38H64N2O21. The van der Waals surface area contributed by atoms with Crippen LogP contribution in [0.15, 0.2) is 0 Å². The largest absolute Gasteiger partial charge is 0.479 e. The predicted molar refractivity (Wildman–Crippen MR) is 202 cm³/mol. The lowest BCUT2D eigenvalue weighted by Gasteiger charge is -2.46. The zero-order valence-corrected chi connectivity index (χ0v) is 34.6. The molecule has 0 aromatic rings.